The third-order valence-corrected chi connectivity index (χ3v) is 4.55. The number of benzene rings is 2. The Balaban J connectivity index is 1.40. The molecule has 0 saturated carbocycles. The lowest BCUT2D eigenvalue weighted by Crippen LogP contribution is -2.35. The number of halogens is 1. The van der Waals surface area contributed by atoms with Crippen molar-refractivity contribution in [3.63, 3.8) is 0 Å². The highest BCUT2D eigenvalue weighted by atomic mass is 19.1. The van der Waals surface area contributed by atoms with Gasteiger partial charge in [-0.15, -0.1) is 0 Å². The Labute approximate surface area is 154 Å². The third kappa shape index (κ3) is 5.93. The van der Waals surface area contributed by atoms with Gasteiger partial charge in [0.25, 0.3) is 0 Å². The van der Waals surface area contributed by atoms with Crippen molar-refractivity contribution in [2.45, 2.75) is 25.9 Å². The molecule has 1 heterocycles. The Bertz CT molecular complexity index is 712. The molecule has 0 radical (unpaired) electrons. The molecule has 138 valence electrons. The summed E-state index contributed by atoms with van der Waals surface area (Å²) < 4.78 is 18.5. The molecule has 1 fully saturated rings. The number of hydrogen-bond donors (Lipinski definition) is 1. The first-order valence-electron chi connectivity index (χ1n) is 9.08. The minimum absolute atomic E-state index is 0.0216. The minimum Gasteiger partial charge on any atom is -0.379 e. The van der Waals surface area contributed by atoms with E-state index >= 15 is 0 Å². The SMILES string of the molecule is O=C(CCc1cccc(F)c1)NCc1ccc(CN2CCOCC2)cc1. The Hall–Kier alpha value is -2.24. The summed E-state index contributed by atoms with van der Waals surface area (Å²) in [6, 6.07) is 14.7. The maximum atomic E-state index is 13.1. The first kappa shape index (κ1) is 18.5. The first-order valence-corrected chi connectivity index (χ1v) is 9.08. The number of morpholine rings is 1. The van der Waals surface area contributed by atoms with Crippen molar-refractivity contribution in [2.24, 2.45) is 0 Å². The van der Waals surface area contributed by atoms with Crippen molar-refractivity contribution in [1.29, 1.82) is 0 Å². The number of carbonyl (C=O) groups excluding carboxylic acids is 1. The van der Waals surface area contributed by atoms with Gasteiger partial charge in [0.2, 0.25) is 5.91 Å². The number of ether oxygens (including phenoxy) is 1. The van der Waals surface area contributed by atoms with Crippen molar-refractivity contribution in [3.8, 4) is 0 Å². The van der Waals surface area contributed by atoms with Crippen molar-refractivity contribution in [1.82, 2.24) is 10.2 Å². The fourth-order valence-corrected chi connectivity index (χ4v) is 3.02. The first-order chi connectivity index (χ1) is 12.7. The number of rotatable bonds is 7. The highest BCUT2D eigenvalue weighted by Gasteiger charge is 2.10. The molecule has 5 heteroatoms. The topological polar surface area (TPSA) is 41.6 Å². The summed E-state index contributed by atoms with van der Waals surface area (Å²) in [5.41, 5.74) is 3.19. The van der Waals surface area contributed by atoms with E-state index in [2.05, 4.69) is 34.5 Å². The van der Waals surface area contributed by atoms with Crippen molar-refractivity contribution < 1.29 is 13.9 Å². The average molecular weight is 356 g/mol. The van der Waals surface area contributed by atoms with E-state index in [4.69, 9.17) is 4.74 Å². The van der Waals surface area contributed by atoms with Crippen molar-refractivity contribution >= 4 is 5.91 Å². The highest BCUT2D eigenvalue weighted by molar-refractivity contribution is 5.76. The van der Waals surface area contributed by atoms with Crippen LogP contribution >= 0.6 is 0 Å². The van der Waals surface area contributed by atoms with Crippen LogP contribution in [0.25, 0.3) is 0 Å². The molecule has 0 bridgehead atoms. The van der Waals surface area contributed by atoms with Crippen LogP contribution in [-0.2, 0) is 29.0 Å². The van der Waals surface area contributed by atoms with E-state index in [0.717, 1.165) is 44.0 Å². The van der Waals surface area contributed by atoms with Crippen LogP contribution in [0.4, 0.5) is 4.39 Å². The zero-order valence-electron chi connectivity index (χ0n) is 14.9. The number of aryl methyl sites for hydroxylation is 1. The fraction of sp³-hybridized carbons (Fsp3) is 0.381. The Kier molecular flexibility index (Phi) is 6.75. The highest BCUT2D eigenvalue weighted by Crippen LogP contribution is 2.10. The standard InChI is InChI=1S/C21H25FN2O2/c22-20-3-1-2-17(14-20)8-9-21(25)23-15-18-4-6-19(7-5-18)16-24-10-12-26-13-11-24/h1-7,14H,8-13,15-16H2,(H,23,25). The van der Waals surface area contributed by atoms with Gasteiger partial charge in [-0.3, -0.25) is 9.69 Å². The molecular weight excluding hydrogens is 331 g/mol. The molecule has 0 aliphatic carbocycles. The molecule has 1 aliphatic heterocycles. The van der Waals surface area contributed by atoms with Gasteiger partial charge >= 0.3 is 0 Å². The van der Waals surface area contributed by atoms with Crippen LogP contribution < -0.4 is 5.32 Å². The zero-order valence-corrected chi connectivity index (χ0v) is 14.9. The maximum absolute atomic E-state index is 13.1. The maximum Gasteiger partial charge on any atom is 0.220 e. The van der Waals surface area contributed by atoms with Gasteiger partial charge < -0.3 is 10.1 Å². The number of nitrogens with one attached hydrogen (secondary N) is 1. The number of nitrogens with zero attached hydrogens (tertiary/aromatic N) is 1. The third-order valence-electron chi connectivity index (χ3n) is 4.55. The van der Waals surface area contributed by atoms with Gasteiger partial charge in [0, 0.05) is 32.6 Å². The van der Waals surface area contributed by atoms with E-state index in [-0.39, 0.29) is 11.7 Å². The summed E-state index contributed by atoms with van der Waals surface area (Å²) in [5.74, 6) is -0.285. The average Bonchev–Trinajstić information content (AvgIpc) is 2.67. The molecule has 1 amide bonds. The van der Waals surface area contributed by atoms with Crippen LogP contribution in [0.5, 0.6) is 0 Å². The quantitative estimate of drug-likeness (QED) is 0.829. The summed E-state index contributed by atoms with van der Waals surface area (Å²) in [6.45, 7) is 5.01. The van der Waals surface area contributed by atoms with E-state index in [1.54, 1.807) is 6.07 Å². The molecular formula is C21H25FN2O2. The van der Waals surface area contributed by atoms with Gasteiger partial charge in [0.15, 0.2) is 0 Å². The van der Waals surface area contributed by atoms with Gasteiger partial charge in [-0.25, -0.2) is 4.39 Å². The summed E-state index contributed by atoms with van der Waals surface area (Å²) >= 11 is 0. The second kappa shape index (κ2) is 9.46. The van der Waals surface area contributed by atoms with Crippen LogP contribution in [0, 0.1) is 5.82 Å². The van der Waals surface area contributed by atoms with Gasteiger partial charge in [-0.1, -0.05) is 36.4 Å². The van der Waals surface area contributed by atoms with Gasteiger partial charge in [0.1, 0.15) is 5.82 Å². The molecule has 0 unspecified atom stereocenters. The number of carbonyl (C=O) groups is 1. The zero-order chi connectivity index (χ0) is 18.2. The van der Waals surface area contributed by atoms with Crippen LogP contribution in [0.3, 0.4) is 0 Å². The molecule has 1 aliphatic rings. The smallest absolute Gasteiger partial charge is 0.220 e. The van der Waals surface area contributed by atoms with Gasteiger partial charge in [-0.2, -0.15) is 0 Å². The van der Waals surface area contributed by atoms with E-state index in [0.29, 0.717) is 19.4 Å². The van der Waals surface area contributed by atoms with E-state index in [1.807, 2.05) is 6.07 Å². The molecule has 2 aromatic carbocycles. The largest absolute Gasteiger partial charge is 0.379 e. The second-order valence-electron chi connectivity index (χ2n) is 6.61. The molecule has 0 atom stereocenters. The summed E-state index contributed by atoms with van der Waals surface area (Å²) in [5, 5.41) is 2.93. The molecule has 4 nitrogen and oxygen atoms in total. The summed E-state index contributed by atoms with van der Waals surface area (Å²) in [6.07, 6.45) is 0.903. The van der Waals surface area contributed by atoms with Gasteiger partial charge in [-0.05, 0) is 35.2 Å². The Morgan fingerprint density at radius 1 is 1.04 bits per heavy atom. The molecule has 26 heavy (non-hydrogen) atoms. The van der Waals surface area contributed by atoms with Crippen LogP contribution in [0.2, 0.25) is 0 Å². The van der Waals surface area contributed by atoms with Crippen LogP contribution in [0.1, 0.15) is 23.1 Å². The number of hydrogen-bond acceptors (Lipinski definition) is 3. The van der Waals surface area contributed by atoms with E-state index in [9.17, 15) is 9.18 Å². The monoisotopic (exact) mass is 356 g/mol. The van der Waals surface area contributed by atoms with Crippen LogP contribution in [0.15, 0.2) is 48.5 Å². The van der Waals surface area contributed by atoms with Crippen molar-refractivity contribution in [3.05, 3.63) is 71.0 Å². The summed E-state index contributed by atoms with van der Waals surface area (Å²) in [7, 11) is 0. The Morgan fingerprint density at radius 3 is 2.50 bits per heavy atom. The van der Waals surface area contributed by atoms with Crippen LogP contribution in [-0.4, -0.2) is 37.1 Å². The predicted octanol–water partition coefficient (Wildman–Crippen LogP) is 2.91. The minimum atomic E-state index is -0.264. The molecule has 1 N–H and O–H groups in total. The lowest BCUT2D eigenvalue weighted by Gasteiger charge is -2.26. The molecule has 2 aromatic rings. The fourth-order valence-electron chi connectivity index (χ4n) is 3.02. The molecule has 3 rings (SSSR count). The van der Waals surface area contributed by atoms with Gasteiger partial charge in [0.05, 0.1) is 13.2 Å². The second-order valence-corrected chi connectivity index (χ2v) is 6.61. The lowest BCUT2D eigenvalue weighted by atomic mass is 10.1. The predicted molar refractivity (Wildman–Crippen MR) is 99.1 cm³/mol. The normalized spacial score (nSPS) is 15.0. The van der Waals surface area contributed by atoms with Crippen molar-refractivity contribution in [2.75, 3.05) is 26.3 Å². The van der Waals surface area contributed by atoms with E-state index < -0.39 is 0 Å². The molecule has 0 spiro atoms. The summed E-state index contributed by atoms with van der Waals surface area (Å²) in [4.78, 5) is 14.4. The molecule has 0 aromatic heterocycles. The lowest BCUT2D eigenvalue weighted by molar-refractivity contribution is -0.121. The number of amides is 1. The Morgan fingerprint density at radius 2 is 1.77 bits per heavy atom. The molecule has 1 saturated heterocycles. The van der Waals surface area contributed by atoms with E-state index in [1.165, 1.54) is 17.7 Å².